The Labute approximate surface area is 188 Å². The van der Waals surface area contributed by atoms with Crippen LogP contribution in [-0.2, 0) is 12.8 Å². The summed E-state index contributed by atoms with van der Waals surface area (Å²) >= 11 is 0. The van der Waals surface area contributed by atoms with Gasteiger partial charge >= 0.3 is 6.18 Å². The number of alkyl halides is 3. The fraction of sp³-hybridized carbons (Fsp3) is 0.292. The number of aryl methyl sites for hydroxylation is 2. The van der Waals surface area contributed by atoms with Crippen LogP contribution < -0.4 is 10.6 Å². The molecule has 0 saturated carbocycles. The van der Waals surface area contributed by atoms with Gasteiger partial charge < -0.3 is 10.6 Å². The average Bonchev–Trinajstić information content (AvgIpc) is 3.36. The fourth-order valence-electron chi connectivity index (χ4n) is 3.98. The van der Waals surface area contributed by atoms with E-state index in [4.69, 9.17) is 0 Å². The molecule has 33 heavy (non-hydrogen) atoms. The molecule has 4 rings (SSSR count). The first kappa shape index (κ1) is 22.6. The maximum atomic E-state index is 13.2. The molecule has 0 unspecified atom stereocenters. The number of nitrogens with zero attached hydrogens (tertiary/aromatic N) is 2. The van der Waals surface area contributed by atoms with E-state index < -0.39 is 24.5 Å². The Morgan fingerprint density at radius 1 is 1.03 bits per heavy atom. The summed E-state index contributed by atoms with van der Waals surface area (Å²) in [5.41, 5.74) is 5.21. The van der Waals surface area contributed by atoms with Crippen molar-refractivity contribution in [2.24, 2.45) is 0 Å². The third-order valence-electron chi connectivity index (χ3n) is 5.69. The Morgan fingerprint density at radius 3 is 2.52 bits per heavy atom. The number of hydrogen-bond donors (Lipinski definition) is 2. The highest BCUT2D eigenvalue weighted by Crippen LogP contribution is 2.29. The second-order valence-corrected chi connectivity index (χ2v) is 8.11. The molecule has 0 atom stereocenters. The highest BCUT2D eigenvalue weighted by molar-refractivity contribution is 6.05. The molecular formula is C24H23F3N4O2. The molecule has 0 spiro atoms. The zero-order valence-corrected chi connectivity index (χ0v) is 18.2. The van der Waals surface area contributed by atoms with Crippen LogP contribution in [-0.4, -0.2) is 34.3 Å². The van der Waals surface area contributed by atoms with Gasteiger partial charge in [0, 0.05) is 22.5 Å². The van der Waals surface area contributed by atoms with Crippen molar-refractivity contribution in [1.82, 2.24) is 15.1 Å². The van der Waals surface area contributed by atoms with Gasteiger partial charge in [0.2, 0.25) is 0 Å². The highest BCUT2D eigenvalue weighted by atomic mass is 19.4. The lowest BCUT2D eigenvalue weighted by atomic mass is 10.1. The largest absolute Gasteiger partial charge is 0.405 e. The van der Waals surface area contributed by atoms with Crippen molar-refractivity contribution in [3.8, 4) is 5.69 Å². The van der Waals surface area contributed by atoms with E-state index >= 15 is 0 Å². The van der Waals surface area contributed by atoms with Gasteiger partial charge in [-0.3, -0.25) is 9.59 Å². The van der Waals surface area contributed by atoms with Crippen LogP contribution in [0.4, 0.5) is 18.9 Å². The number of anilines is 1. The van der Waals surface area contributed by atoms with Crippen molar-refractivity contribution in [3.05, 3.63) is 76.1 Å². The van der Waals surface area contributed by atoms with Crippen molar-refractivity contribution in [2.45, 2.75) is 39.3 Å². The summed E-state index contributed by atoms with van der Waals surface area (Å²) < 4.78 is 39.1. The van der Waals surface area contributed by atoms with Crippen LogP contribution in [0, 0.1) is 13.8 Å². The second-order valence-electron chi connectivity index (χ2n) is 8.11. The first-order valence-electron chi connectivity index (χ1n) is 10.6. The number of nitrogens with one attached hydrogen (secondary N) is 2. The molecule has 1 aromatic heterocycles. The molecule has 9 heteroatoms. The number of amides is 2. The standard InChI is InChI=1S/C24H23F3N4O2/c1-14-10-11-16(22(32)28-13-24(25,26)27)12-18(14)29-23(33)21-17-7-5-9-20(17)31(30-21)19-8-4-3-6-15(19)2/h3-4,6,8,10-12H,5,7,9,13H2,1-2H3,(H,28,32)(H,29,33). The third-order valence-corrected chi connectivity index (χ3v) is 5.69. The molecule has 2 aromatic carbocycles. The van der Waals surface area contributed by atoms with Gasteiger partial charge in [0.25, 0.3) is 11.8 Å². The van der Waals surface area contributed by atoms with E-state index in [1.807, 2.05) is 41.2 Å². The summed E-state index contributed by atoms with van der Waals surface area (Å²) in [6.07, 6.45) is -2.03. The molecule has 6 nitrogen and oxygen atoms in total. The average molecular weight is 456 g/mol. The predicted octanol–water partition coefficient (Wildman–Crippen LogP) is 4.52. The lowest BCUT2D eigenvalue weighted by molar-refractivity contribution is -0.123. The fourth-order valence-corrected chi connectivity index (χ4v) is 3.98. The van der Waals surface area contributed by atoms with Gasteiger partial charge in [-0.2, -0.15) is 18.3 Å². The van der Waals surface area contributed by atoms with Crippen molar-refractivity contribution < 1.29 is 22.8 Å². The van der Waals surface area contributed by atoms with E-state index in [9.17, 15) is 22.8 Å². The minimum absolute atomic E-state index is 0.0239. The maximum absolute atomic E-state index is 13.2. The summed E-state index contributed by atoms with van der Waals surface area (Å²) in [6.45, 7) is 2.30. The smallest absolute Gasteiger partial charge is 0.343 e. The van der Waals surface area contributed by atoms with E-state index in [0.29, 0.717) is 16.9 Å². The second kappa shape index (κ2) is 8.73. The van der Waals surface area contributed by atoms with Crippen LogP contribution in [0.1, 0.15) is 49.7 Å². The zero-order chi connectivity index (χ0) is 23.8. The molecule has 0 aliphatic heterocycles. The highest BCUT2D eigenvalue weighted by Gasteiger charge is 2.29. The number of aromatic nitrogens is 2. The SMILES string of the molecule is Cc1ccc(C(=O)NCC(F)(F)F)cc1NC(=O)c1nn(-c2ccccc2C)c2c1CCC2. The molecule has 2 N–H and O–H groups in total. The van der Waals surface area contributed by atoms with Crippen LogP contribution in [0.25, 0.3) is 5.69 Å². The number of carbonyl (C=O) groups is 2. The lowest BCUT2D eigenvalue weighted by Gasteiger charge is -2.12. The molecule has 1 aliphatic rings. The Bertz CT molecular complexity index is 1230. The third kappa shape index (κ3) is 4.76. The van der Waals surface area contributed by atoms with E-state index in [0.717, 1.165) is 41.8 Å². The Kier molecular flexibility index (Phi) is 5.97. The van der Waals surface area contributed by atoms with Crippen LogP contribution in [0.3, 0.4) is 0 Å². The number of halogens is 3. The number of benzene rings is 2. The number of para-hydroxylation sites is 1. The van der Waals surface area contributed by atoms with E-state index in [2.05, 4.69) is 10.4 Å². The maximum Gasteiger partial charge on any atom is 0.405 e. The monoisotopic (exact) mass is 456 g/mol. The topological polar surface area (TPSA) is 76.0 Å². The molecule has 1 heterocycles. The van der Waals surface area contributed by atoms with Crippen molar-refractivity contribution >= 4 is 17.5 Å². The molecular weight excluding hydrogens is 433 g/mol. The van der Waals surface area contributed by atoms with E-state index in [1.165, 1.54) is 12.1 Å². The van der Waals surface area contributed by atoms with Crippen LogP contribution in [0.5, 0.6) is 0 Å². The first-order valence-corrected chi connectivity index (χ1v) is 10.6. The van der Waals surface area contributed by atoms with Gasteiger partial charge in [0.1, 0.15) is 6.54 Å². The van der Waals surface area contributed by atoms with Crippen LogP contribution in [0.2, 0.25) is 0 Å². The van der Waals surface area contributed by atoms with Crippen molar-refractivity contribution in [2.75, 3.05) is 11.9 Å². The van der Waals surface area contributed by atoms with Gasteiger partial charge in [0.05, 0.1) is 5.69 Å². The van der Waals surface area contributed by atoms with Gasteiger partial charge in [-0.05, 0) is 62.4 Å². The Balaban J connectivity index is 1.60. The van der Waals surface area contributed by atoms with Gasteiger partial charge in [-0.15, -0.1) is 0 Å². The molecule has 0 bridgehead atoms. The van der Waals surface area contributed by atoms with Gasteiger partial charge in [0.15, 0.2) is 5.69 Å². The summed E-state index contributed by atoms with van der Waals surface area (Å²) in [5.74, 6) is -1.29. The Hall–Kier alpha value is -3.62. The van der Waals surface area contributed by atoms with Crippen molar-refractivity contribution in [1.29, 1.82) is 0 Å². The number of fused-ring (bicyclic) bond motifs is 1. The zero-order valence-electron chi connectivity index (χ0n) is 18.2. The van der Waals surface area contributed by atoms with Crippen LogP contribution >= 0.6 is 0 Å². The molecule has 3 aromatic rings. The normalized spacial score (nSPS) is 13.0. The van der Waals surface area contributed by atoms with E-state index in [1.54, 1.807) is 13.0 Å². The molecule has 2 amide bonds. The summed E-state index contributed by atoms with van der Waals surface area (Å²) in [4.78, 5) is 25.3. The van der Waals surface area contributed by atoms with E-state index in [-0.39, 0.29) is 5.56 Å². The van der Waals surface area contributed by atoms with Gasteiger partial charge in [-0.25, -0.2) is 4.68 Å². The number of hydrogen-bond acceptors (Lipinski definition) is 3. The lowest BCUT2D eigenvalue weighted by Crippen LogP contribution is -2.33. The summed E-state index contributed by atoms with van der Waals surface area (Å²) in [6, 6.07) is 12.2. The first-order chi connectivity index (χ1) is 15.6. The quantitative estimate of drug-likeness (QED) is 0.593. The minimum atomic E-state index is -4.51. The molecule has 0 radical (unpaired) electrons. The van der Waals surface area contributed by atoms with Crippen molar-refractivity contribution in [3.63, 3.8) is 0 Å². The number of rotatable bonds is 5. The van der Waals surface area contributed by atoms with Gasteiger partial charge in [-0.1, -0.05) is 24.3 Å². The number of carbonyl (C=O) groups excluding carboxylic acids is 2. The molecule has 0 fully saturated rings. The Morgan fingerprint density at radius 2 is 1.79 bits per heavy atom. The van der Waals surface area contributed by atoms with Crippen LogP contribution in [0.15, 0.2) is 42.5 Å². The minimum Gasteiger partial charge on any atom is -0.343 e. The summed E-state index contributed by atoms with van der Waals surface area (Å²) in [7, 11) is 0. The molecule has 1 aliphatic carbocycles. The molecule has 0 saturated heterocycles. The predicted molar refractivity (Wildman–Crippen MR) is 118 cm³/mol. The summed E-state index contributed by atoms with van der Waals surface area (Å²) in [5, 5.41) is 9.23. The molecule has 172 valence electrons.